The summed E-state index contributed by atoms with van der Waals surface area (Å²) in [5.74, 6) is 2.21. The van der Waals surface area contributed by atoms with Gasteiger partial charge in [-0.2, -0.15) is 0 Å². The van der Waals surface area contributed by atoms with E-state index in [0.29, 0.717) is 11.6 Å². The van der Waals surface area contributed by atoms with Gasteiger partial charge in [0.25, 0.3) is 0 Å². The van der Waals surface area contributed by atoms with E-state index in [9.17, 15) is 0 Å². The summed E-state index contributed by atoms with van der Waals surface area (Å²) in [6, 6.07) is 9.35. The first-order valence-corrected chi connectivity index (χ1v) is 6.24. The first-order valence-electron chi connectivity index (χ1n) is 6.24. The molecule has 0 aliphatic carbocycles. The van der Waals surface area contributed by atoms with Crippen molar-refractivity contribution < 1.29 is 9.47 Å². The highest BCUT2D eigenvalue weighted by Gasteiger charge is 2.32. The Morgan fingerprint density at radius 3 is 2.84 bits per heavy atom. The van der Waals surface area contributed by atoms with Gasteiger partial charge < -0.3 is 15.2 Å². The van der Waals surface area contributed by atoms with Gasteiger partial charge in [0.2, 0.25) is 5.88 Å². The molecule has 2 heterocycles. The van der Waals surface area contributed by atoms with E-state index in [1.54, 1.807) is 18.3 Å². The summed E-state index contributed by atoms with van der Waals surface area (Å²) < 4.78 is 11.7. The molecule has 1 aromatic heterocycles. The molecule has 1 aliphatic heterocycles. The molecule has 4 nitrogen and oxygen atoms in total. The molecule has 98 valence electrons. The molecule has 0 atom stereocenters. The Kier molecular flexibility index (Phi) is 2.59. The van der Waals surface area contributed by atoms with Crippen molar-refractivity contribution in [2.24, 2.45) is 0 Å². The number of ether oxygens (including phenoxy) is 2. The van der Waals surface area contributed by atoms with Gasteiger partial charge in [-0.1, -0.05) is 6.07 Å². The van der Waals surface area contributed by atoms with Crippen LogP contribution in [0.25, 0.3) is 0 Å². The Balaban J connectivity index is 1.91. The average molecular weight is 256 g/mol. The molecule has 0 saturated carbocycles. The van der Waals surface area contributed by atoms with Crippen LogP contribution in [0, 0.1) is 0 Å². The zero-order valence-corrected chi connectivity index (χ0v) is 11.0. The minimum atomic E-state index is -0.184. The zero-order valence-electron chi connectivity index (χ0n) is 11.0. The fourth-order valence-corrected chi connectivity index (χ4v) is 2.24. The summed E-state index contributed by atoms with van der Waals surface area (Å²) in [4.78, 5) is 4.15. The fourth-order valence-electron chi connectivity index (χ4n) is 2.24. The third kappa shape index (κ3) is 2.34. The lowest BCUT2D eigenvalue weighted by atomic mass is 10.0. The summed E-state index contributed by atoms with van der Waals surface area (Å²) >= 11 is 0. The molecule has 0 saturated heterocycles. The summed E-state index contributed by atoms with van der Waals surface area (Å²) in [5, 5.41) is 0. The maximum absolute atomic E-state index is 5.87. The first-order chi connectivity index (χ1) is 9.03. The van der Waals surface area contributed by atoms with Crippen molar-refractivity contribution in [3.63, 3.8) is 0 Å². The van der Waals surface area contributed by atoms with Crippen molar-refractivity contribution in [3.8, 4) is 17.4 Å². The predicted octanol–water partition coefficient (Wildman–Crippen LogP) is 3.17. The molecule has 0 bridgehead atoms. The Morgan fingerprint density at radius 1 is 1.26 bits per heavy atom. The lowest BCUT2D eigenvalue weighted by Gasteiger charge is -2.16. The molecule has 2 aromatic rings. The molecule has 0 radical (unpaired) electrons. The molecule has 0 fully saturated rings. The number of hydrogen-bond donors (Lipinski definition) is 1. The van der Waals surface area contributed by atoms with Gasteiger partial charge >= 0.3 is 0 Å². The highest BCUT2D eigenvalue weighted by Crippen LogP contribution is 2.41. The van der Waals surface area contributed by atoms with Crippen molar-refractivity contribution in [2.45, 2.75) is 25.9 Å². The van der Waals surface area contributed by atoms with E-state index in [0.717, 1.165) is 23.5 Å². The summed E-state index contributed by atoms with van der Waals surface area (Å²) in [6.45, 7) is 4.14. The Labute approximate surface area is 112 Å². The molecule has 3 rings (SSSR count). The van der Waals surface area contributed by atoms with Gasteiger partial charge in [0.1, 0.15) is 17.1 Å². The lowest BCUT2D eigenvalue weighted by Crippen LogP contribution is -2.24. The van der Waals surface area contributed by atoms with Crippen LogP contribution >= 0.6 is 0 Å². The third-order valence-corrected chi connectivity index (χ3v) is 3.05. The molecule has 0 amide bonds. The first kappa shape index (κ1) is 11.8. The van der Waals surface area contributed by atoms with E-state index in [-0.39, 0.29) is 5.60 Å². The minimum absolute atomic E-state index is 0.184. The van der Waals surface area contributed by atoms with Crippen molar-refractivity contribution in [3.05, 3.63) is 42.1 Å². The normalized spacial score (nSPS) is 15.7. The van der Waals surface area contributed by atoms with E-state index in [2.05, 4.69) is 18.8 Å². The number of nitrogens with two attached hydrogens (primary N) is 1. The third-order valence-electron chi connectivity index (χ3n) is 3.05. The number of hydrogen-bond acceptors (Lipinski definition) is 4. The number of pyridine rings is 1. The predicted molar refractivity (Wildman–Crippen MR) is 73.6 cm³/mol. The highest BCUT2D eigenvalue weighted by molar-refractivity contribution is 5.50. The van der Waals surface area contributed by atoms with Crippen molar-refractivity contribution in [1.29, 1.82) is 0 Å². The molecule has 4 heteroatoms. The van der Waals surface area contributed by atoms with Gasteiger partial charge in [0, 0.05) is 18.1 Å². The zero-order chi connectivity index (χ0) is 13.5. The van der Waals surface area contributed by atoms with Gasteiger partial charge in [-0.3, -0.25) is 0 Å². The number of anilines is 1. The number of fused-ring (bicyclic) bond motifs is 1. The topological polar surface area (TPSA) is 57.4 Å². The van der Waals surface area contributed by atoms with Crippen molar-refractivity contribution >= 4 is 5.69 Å². The van der Waals surface area contributed by atoms with Crippen LogP contribution < -0.4 is 15.2 Å². The fraction of sp³-hybridized carbons (Fsp3) is 0.267. The molecule has 2 N–H and O–H groups in total. The van der Waals surface area contributed by atoms with Gasteiger partial charge in [0.05, 0.1) is 11.9 Å². The molecule has 0 spiro atoms. The molecular weight excluding hydrogens is 240 g/mol. The Hall–Kier alpha value is -2.23. The average Bonchev–Trinajstić information content (AvgIpc) is 2.67. The van der Waals surface area contributed by atoms with E-state index >= 15 is 0 Å². The SMILES string of the molecule is CC1(C)Cc2c(Oc3ccc(N)cn3)cccc2O1. The largest absolute Gasteiger partial charge is 0.487 e. The molecule has 19 heavy (non-hydrogen) atoms. The van der Waals surface area contributed by atoms with E-state index in [1.165, 1.54) is 0 Å². The number of benzene rings is 1. The van der Waals surface area contributed by atoms with Crippen LogP contribution in [0.3, 0.4) is 0 Å². The standard InChI is InChI=1S/C15H16N2O2/c1-15(2)8-11-12(4-3-5-13(11)19-15)18-14-7-6-10(16)9-17-14/h3-7,9H,8,16H2,1-2H3. The van der Waals surface area contributed by atoms with Gasteiger partial charge in [-0.15, -0.1) is 0 Å². The number of rotatable bonds is 2. The van der Waals surface area contributed by atoms with Crippen LogP contribution in [0.1, 0.15) is 19.4 Å². The maximum atomic E-state index is 5.87. The quantitative estimate of drug-likeness (QED) is 0.896. The second-order valence-corrected chi connectivity index (χ2v) is 5.30. The van der Waals surface area contributed by atoms with E-state index in [4.69, 9.17) is 15.2 Å². The van der Waals surface area contributed by atoms with Crippen LogP contribution in [-0.2, 0) is 6.42 Å². The second kappa shape index (κ2) is 4.16. The lowest BCUT2D eigenvalue weighted by molar-refractivity contribution is 0.138. The van der Waals surface area contributed by atoms with Gasteiger partial charge in [0.15, 0.2) is 0 Å². The summed E-state index contributed by atoms with van der Waals surface area (Å²) in [6.07, 6.45) is 2.41. The highest BCUT2D eigenvalue weighted by atomic mass is 16.5. The second-order valence-electron chi connectivity index (χ2n) is 5.30. The molecular formula is C15H16N2O2. The molecule has 0 unspecified atom stereocenters. The molecule has 1 aliphatic rings. The van der Waals surface area contributed by atoms with Crippen LogP contribution in [0.2, 0.25) is 0 Å². The number of nitrogen functional groups attached to an aromatic ring is 1. The minimum Gasteiger partial charge on any atom is -0.487 e. The van der Waals surface area contributed by atoms with Crippen LogP contribution in [-0.4, -0.2) is 10.6 Å². The number of nitrogens with zero attached hydrogens (tertiary/aromatic N) is 1. The summed E-state index contributed by atoms with van der Waals surface area (Å²) in [7, 11) is 0. The molecule has 1 aromatic carbocycles. The van der Waals surface area contributed by atoms with E-state index < -0.39 is 0 Å². The Bertz CT molecular complexity index is 606. The van der Waals surface area contributed by atoms with Crippen molar-refractivity contribution in [1.82, 2.24) is 4.98 Å². The van der Waals surface area contributed by atoms with Crippen LogP contribution in [0.15, 0.2) is 36.5 Å². The Morgan fingerprint density at radius 2 is 2.11 bits per heavy atom. The van der Waals surface area contributed by atoms with Gasteiger partial charge in [-0.25, -0.2) is 4.98 Å². The smallest absolute Gasteiger partial charge is 0.219 e. The van der Waals surface area contributed by atoms with Crippen LogP contribution in [0.4, 0.5) is 5.69 Å². The van der Waals surface area contributed by atoms with Crippen LogP contribution in [0.5, 0.6) is 17.4 Å². The van der Waals surface area contributed by atoms with Crippen molar-refractivity contribution in [2.75, 3.05) is 5.73 Å². The van der Waals surface area contributed by atoms with Gasteiger partial charge in [-0.05, 0) is 32.0 Å². The number of aromatic nitrogens is 1. The summed E-state index contributed by atoms with van der Waals surface area (Å²) in [5.41, 5.74) is 7.13. The van der Waals surface area contributed by atoms with E-state index in [1.807, 2.05) is 18.2 Å². The monoisotopic (exact) mass is 256 g/mol. The maximum Gasteiger partial charge on any atom is 0.219 e.